The van der Waals surface area contributed by atoms with Crippen LogP contribution in [0.2, 0.25) is 19.6 Å². The average molecular weight is 278 g/mol. The second kappa shape index (κ2) is 5.30. The van der Waals surface area contributed by atoms with E-state index in [1.807, 2.05) is 19.6 Å². The Morgan fingerprint density at radius 2 is 1.89 bits per heavy atom. The molecule has 0 aliphatic rings. The Balaban J connectivity index is 2.63. The minimum Gasteiger partial charge on any atom is -0.256 e. The fraction of sp³-hybridized carbons (Fsp3) is 0.353. The van der Waals surface area contributed by atoms with Crippen molar-refractivity contribution in [2.45, 2.75) is 39.3 Å². The van der Waals surface area contributed by atoms with Crippen molar-refractivity contribution in [2.24, 2.45) is 0 Å². The summed E-state index contributed by atoms with van der Waals surface area (Å²) in [7, 11) is -2.41. The zero-order valence-electron chi connectivity index (χ0n) is 19.4. The molecule has 0 atom stereocenters. The van der Waals surface area contributed by atoms with E-state index >= 15 is 0 Å². The van der Waals surface area contributed by atoms with E-state index in [0.717, 1.165) is 0 Å². The van der Waals surface area contributed by atoms with Crippen molar-refractivity contribution in [3.05, 3.63) is 53.2 Å². The van der Waals surface area contributed by atoms with Gasteiger partial charge in [0.05, 0.1) is 5.69 Å². The van der Waals surface area contributed by atoms with Gasteiger partial charge in [-0.05, 0) is 36.9 Å². The van der Waals surface area contributed by atoms with Gasteiger partial charge in [0, 0.05) is 30.8 Å². The van der Waals surface area contributed by atoms with E-state index in [-0.39, 0.29) is 16.7 Å². The first-order chi connectivity index (χ1) is 12.0. The van der Waals surface area contributed by atoms with Crippen LogP contribution in [0.25, 0.3) is 11.3 Å². The van der Waals surface area contributed by atoms with E-state index in [4.69, 9.17) is 11.0 Å². The van der Waals surface area contributed by atoms with Crippen LogP contribution < -0.4 is 0 Å². The van der Waals surface area contributed by atoms with E-state index in [9.17, 15) is 0 Å². The molecule has 1 aromatic heterocycles. The second-order valence-electron chi connectivity index (χ2n) is 5.57. The summed E-state index contributed by atoms with van der Waals surface area (Å²) >= 11 is 0. The zero-order chi connectivity index (χ0) is 20.8. The molecule has 0 spiro atoms. The number of pyridine rings is 1. The SMILES string of the molecule is [2H]C([2H])([2H])c1ccc(-c2cc(C([2H])([2H])[Si](C)(C)C)c(C([2H])([2H])[2H])cn2)cc1. The third kappa shape index (κ3) is 3.77. The highest BCUT2D eigenvalue weighted by atomic mass is 28.3. The van der Waals surface area contributed by atoms with Gasteiger partial charge in [-0.25, -0.2) is 0 Å². The van der Waals surface area contributed by atoms with Gasteiger partial charge in [0.25, 0.3) is 0 Å². The Bertz CT molecular complexity index is 817. The van der Waals surface area contributed by atoms with Gasteiger partial charge in [-0.3, -0.25) is 4.98 Å². The number of nitrogens with zero attached hydrogens (tertiary/aromatic N) is 1. The van der Waals surface area contributed by atoms with Crippen LogP contribution in [-0.4, -0.2) is 13.1 Å². The molecule has 2 aromatic rings. The Morgan fingerprint density at radius 3 is 2.47 bits per heavy atom. The average Bonchev–Trinajstić information content (AvgIpc) is 2.51. The predicted molar refractivity (Wildman–Crippen MR) is 86.2 cm³/mol. The third-order valence-electron chi connectivity index (χ3n) is 2.59. The monoisotopic (exact) mass is 277 g/mol. The summed E-state index contributed by atoms with van der Waals surface area (Å²) in [6.07, 6.45) is 1.22. The molecular formula is C17H23NSi. The van der Waals surface area contributed by atoms with Crippen molar-refractivity contribution in [3.8, 4) is 11.3 Å². The molecule has 19 heavy (non-hydrogen) atoms. The lowest BCUT2D eigenvalue weighted by atomic mass is 10.1. The maximum Gasteiger partial charge on any atom is 0.0704 e. The van der Waals surface area contributed by atoms with Crippen molar-refractivity contribution < 1.29 is 11.0 Å². The zero-order valence-corrected chi connectivity index (χ0v) is 12.4. The smallest absolute Gasteiger partial charge is 0.0704 e. The summed E-state index contributed by atoms with van der Waals surface area (Å²) in [5, 5.41) is 0. The quantitative estimate of drug-likeness (QED) is 0.735. The molecule has 0 bridgehead atoms. The summed E-state index contributed by atoms with van der Waals surface area (Å²) in [6, 6.07) is 7.66. The normalized spacial score (nSPS) is 19.9. The van der Waals surface area contributed by atoms with Crippen molar-refractivity contribution in [3.63, 3.8) is 0 Å². The van der Waals surface area contributed by atoms with Crippen LogP contribution in [-0.2, 0) is 6.00 Å². The van der Waals surface area contributed by atoms with E-state index in [1.54, 1.807) is 12.1 Å². The molecule has 0 fully saturated rings. The van der Waals surface area contributed by atoms with Gasteiger partial charge < -0.3 is 0 Å². The van der Waals surface area contributed by atoms with Crippen molar-refractivity contribution in [2.75, 3.05) is 0 Å². The number of rotatable bonds is 3. The Labute approximate surface area is 129 Å². The molecule has 0 aliphatic heterocycles. The Kier molecular flexibility index (Phi) is 1.91. The number of hydrogen-bond acceptors (Lipinski definition) is 1. The minimum absolute atomic E-state index is 0.0854. The predicted octanol–water partition coefficient (Wildman–Crippen LogP) is 4.79. The van der Waals surface area contributed by atoms with Crippen molar-refractivity contribution in [1.29, 1.82) is 0 Å². The molecule has 0 aliphatic carbocycles. The highest BCUT2D eigenvalue weighted by Gasteiger charge is 2.16. The lowest BCUT2D eigenvalue weighted by Crippen LogP contribution is -2.24. The molecule has 0 saturated heterocycles. The van der Waals surface area contributed by atoms with Crippen LogP contribution >= 0.6 is 0 Å². The van der Waals surface area contributed by atoms with Gasteiger partial charge in [0.15, 0.2) is 0 Å². The Hall–Kier alpha value is -1.41. The van der Waals surface area contributed by atoms with E-state index in [2.05, 4.69) is 4.98 Å². The summed E-state index contributed by atoms with van der Waals surface area (Å²) in [5.41, 5.74) is 1.26. The molecule has 100 valence electrons. The van der Waals surface area contributed by atoms with Crippen LogP contribution in [0.3, 0.4) is 0 Å². The molecule has 2 heteroatoms. The number of aryl methyl sites for hydroxylation is 2. The lowest BCUT2D eigenvalue weighted by Gasteiger charge is -2.18. The van der Waals surface area contributed by atoms with E-state index < -0.39 is 27.8 Å². The Morgan fingerprint density at radius 1 is 1.16 bits per heavy atom. The fourth-order valence-corrected chi connectivity index (χ4v) is 2.78. The molecule has 1 aromatic carbocycles. The summed E-state index contributed by atoms with van der Waals surface area (Å²) in [4.78, 5) is 4.21. The number of aromatic nitrogens is 1. The van der Waals surface area contributed by atoms with Crippen LogP contribution in [0.4, 0.5) is 0 Å². The van der Waals surface area contributed by atoms with Crippen LogP contribution in [0.15, 0.2) is 36.5 Å². The van der Waals surface area contributed by atoms with Gasteiger partial charge in [0.2, 0.25) is 0 Å². The van der Waals surface area contributed by atoms with E-state index in [0.29, 0.717) is 11.3 Å². The molecule has 0 unspecified atom stereocenters. The molecule has 0 saturated carbocycles. The summed E-state index contributed by atoms with van der Waals surface area (Å²) < 4.78 is 62.8. The first-order valence-corrected chi connectivity index (χ1v) is 9.67. The summed E-state index contributed by atoms with van der Waals surface area (Å²) in [5.74, 6) is -1.77. The topological polar surface area (TPSA) is 12.9 Å². The van der Waals surface area contributed by atoms with Gasteiger partial charge in [0.1, 0.15) is 0 Å². The summed E-state index contributed by atoms with van der Waals surface area (Å²) in [6.45, 7) is 0.862. The highest BCUT2D eigenvalue weighted by molar-refractivity contribution is 6.75. The number of benzene rings is 1. The van der Waals surface area contributed by atoms with Crippen LogP contribution in [0.5, 0.6) is 0 Å². The van der Waals surface area contributed by atoms with Gasteiger partial charge in [-0.1, -0.05) is 49.5 Å². The molecule has 1 heterocycles. The molecule has 2 rings (SSSR count). The fourth-order valence-electron chi connectivity index (χ4n) is 1.76. The molecular weight excluding hydrogens is 246 g/mol. The maximum absolute atomic E-state index is 8.59. The highest BCUT2D eigenvalue weighted by Crippen LogP contribution is 2.22. The molecule has 0 amide bonds. The van der Waals surface area contributed by atoms with Gasteiger partial charge in [-0.2, -0.15) is 0 Å². The third-order valence-corrected chi connectivity index (χ3v) is 3.61. The number of hydrogen-bond donors (Lipinski definition) is 0. The molecule has 0 radical (unpaired) electrons. The van der Waals surface area contributed by atoms with Gasteiger partial charge in [-0.15, -0.1) is 0 Å². The minimum atomic E-state index is -2.47. The first-order valence-electron chi connectivity index (χ1n) is 10.2. The molecule has 0 N–H and O–H groups in total. The van der Waals surface area contributed by atoms with Crippen LogP contribution in [0.1, 0.15) is 27.7 Å². The first kappa shape index (κ1) is 6.85. The van der Waals surface area contributed by atoms with Gasteiger partial charge >= 0.3 is 0 Å². The largest absolute Gasteiger partial charge is 0.256 e. The van der Waals surface area contributed by atoms with Crippen molar-refractivity contribution in [1.82, 2.24) is 4.98 Å². The maximum atomic E-state index is 8.59. The van der Waals surface area contributed by atoms with E-state index in [1.165, 1.54) is 24.4 Å². The lowest BCUT2D eigenvalue weighted by molar-refractivity contribution is 1.18. The van der Waals surface area contributed by atoms with Crippen LogP contribution in [0, 0.1) is 13.7 Å². The van der Waals surface area contributed by atoms with Crippen molar-refractivity contribution >= 4 is 8.07 Å². The second-order valence-corrected chi connectivity index (χ2v) is 10.3. The standard InChI is InChI=1S/C17H23NSi/c1-13-6-8-15(9-7-13)17-10-16(12-19(3,4)5)14(2)11-18-17/h6-11H,12H2,1-5H3/i1D3,2D3,12D2. The molecule has 1 nitrogen and oxygen atoms in total.